The summed E-state index contributed by atoms with van der Waals surface area (Å²) in [6.07, 6.45) is 3.13. The fraction of sp³-hybridized carbons (Fsp3) is 0.394. The highest BCUT2D eigenvalue weighted by atomic mass is 35.5. The smallest absolute Gasteiger partial charge is 0.260 e. The molecule has 41 heavy (non-hydrogen) atoms. The van der Waals surface area contributed by atoms with Gasteiger partial charge in [0.1, 0.15) is 5.72 Å². The van der Waals surface area contributed by atoms with Gasteiger partial charge in [0.25, 0.3) is 11.8 Å². The molecule has 0 aromatic heterocycles. The number of carbonyl (C=O) groups is 2. The summed E-state index contributed by atoms with van der Waals surface area (Å²) in [6.45, 7) is 6.85. The highest BCUT2D eigenvalue weighted by molar-refractivity contribution is 6.30. The molecule has 7 nitrogen and oxygen atoms in total. The number of likely N-dealkylation sites (N-methyl/N-ethyl adjacent to an activating group) is 1. The second kappa shape index (κ2) is 12.7. The molecular formula is C33H39ClN4O3. The largest absolute Gasteiger partial charge is 0.358 e. The molecule has 5 rings (SSSR count). The molecule has 1 fully saturated rings. The van der Waals surface area contributed by atoms with Gasteiger partial charge in [-0.1, -0.05) is 29.8 Å². The summed E-state index contributed by atoms with van der Waals surface area (Å²) < 4.78 is 6.33. The molecule has 1 unspecified atom stereocenters. The topological polar surface area (TPSA) is 65.1 Å². The zero-order valence-electron chi connectivity index (χ0n) is 24.2. The van der Waals surface area contributed by atoms with Gasteiger partial charge in [-0.25, -0.2) is 0 Å². The maximum absolute atomic E-state index is 14.4. The summed E-state index contributed by atoms with van der Waals surface area (Å²) in [5.74, 6) is -0.310. The standard InChI is InChI=1S/C33H39ClN4O3/c1-24-7-4-5-9-29(24)31(39)35-28-13-10-25(11-14-28)32(40)38-30-15-12-27(34)23-26(30)8-6-16-33(38,41-3)17-18-37-21-19-36(2)20-22-37/h4-5,7,9-15,23H,6,8,16-22H2,1-3H3,(H,35,39). The minimum atomic E-state index is -0.794. The lowest BCUT2D eigenvalue weighted by atomic mass is 9.99. The van der Waals surface area contributed by atoms with Crippen molar-refractivity contribution in [3.8, 4) is 0 Å². The summed E-state index contributed by atoms with van der Waals surface area (Å²) in [4.78, 5) is 33.9. The third kappa shape index (κ3) is 6.49. The summed E-state index contributed by atoms with van der Waals surface area (Å²) in [6, 6.07) is 20.3. The van der Waals surface area contributed by atoms with Crippen LogP contribution in [0, 0.1) is 6.92 Å². The molecular weight excluding hydrogens is 536 g/mol. The molecule has 0 radical (unpaired) electrons. The number of aryl methyl sites for hydroxylation is 2. The fourth-order valence-electron chi connectivity index (χ4n) is 5.94. The average Bonchev–Trinajstić information content (AvgIpc) is 3.13. The Bertz CT molecular complexity index is 1390. The van der Waals surface area contributed by atoms with Crippen LogP contribution < -0.4 is 10.2 Å². The van der Waals surface area contributed by atoms with Gasteiger partial charge in [0, 0.05) is 68.1 Å². The number of anilines is 2. The number of fused-ring (bicyclic) bond motifs is 1. The molecule has 3 aromatic carbocycles. The number of hydrogen-bond donors (Lipinski definition) is 1. The van der Waals surface area contributed by atoms with Crippen molar-refractivity contribution < 1.29 is 14.3 Å². The van der Waals surface area contributed by atoms with Crippen molar-refractivity contribution in [2.45, 2.75) is 38.3 Å². The highest BCUT2D eigenvalue weighted by Crippen LogP contribution is 2.40. The van der Waals surface area contributed by atoms with E-state index >= 15 is 0 Å². The first-order chi connectivity index (χ1) is 19.8. The number of piperazine rings is 1. The van der Waals surface area contributed by atoms with E-state index in [-0.39, 0.29) is 11.8 Å². The van der Waals surface area contributed by atoms with E-state index in [1.54, 1.807) is 37.4 Å². The lowest BCUT2D eigenvalue weighted by Gasteiger charge is -2.44. The summed E-state index contributed by atoms with van der Waals surface area (Å²) in [7, 11) is 3.87. The number of nitrogens with one attached hydrogen (secondary N) is 1. The Morgan fingerprint density at radius 3 is 2.44 bits per heavy atom. The number of benzene rings is 3. The van der Waals surface area contributed by atoms with Gasteiger partial charge in [0.15, 0.2) is 0 Å². The zero-order valence-corrected chi connectivity index (χ0v) is 24.9. The summed E-state index contributed by atoms with van der Waals surface area (Å²) in [5.41, 5.74) is 3.79. The van der Waals surface area contributed by atoms with Crippen molar-refractivity contribution in [2.75, 3.05) is 57.1 Å². The normalized spacial score (nSPS) is 19.9. The summed E-state index contributed by atoms with van der Waals surface area (Å²) >= 11 is 6.39. The molecule has 0 saturated carbocycles. The van der Waals surface area contributed by atoms with Crippen LogP contribution in [0.5, 0.6) is 0 Å². The predicted molar refractivity (Wildman–Crippen MR) is 165 cm³/mol. The van der Waals surface area contributed by atoms with Crippen LogP contribution in [-0.2, 0) is 11.2 Å². The van der Waals surface area contributed by atoms with Crippen molar-refractivity contribution in [3.63, 3.8) is 0 Å². The molecule has 0 aliphatic carbocycles. The Hall–Kier alpha value is -3.23. The first kappa shape index (κ1) is 29.3. The molecule has 2 aliphatic heterocycles. The number of nitrogens with zero attached hydrogens (tertiary/aromatic N) is 3. The monoisotopic (exact) mass is 574 g/mol. The number of hydrogen-bond acceptors (Lipinski definition) is 5. The second-order valence-corrected chi connectivity index (χ2v) is 11.6. The van der Waals surface area contributed by atoms with E-state index in [4.69, 9.17) is 16.3 Å². The van der Waals surface area contributed by atoms with Crippen molar-refractivity contribution in [1.29, 1.82) is 0 Å². The minimum Gasteiger partial charge on any atom is -0.358 e. The Labute approximate surface area is 248 Å². The first-order valence-corrected chi connectivity index (χ1v) is 14.7. The van der Waals surface area contributed by atoms with E-state index < -0.39 is 5.72 Å². The van der Waals surface area contributed by atoms with Crippen molar-refractivity contribution in [1.82, 2.24) is 9.80 Å². The van der Waals surface area contributed by atoms with E-state index in [0.717, 1.165) is 68.8 Å². The lowest BCUT2D eigenvalue weighted by molar-refractivity contribution is -0.0313. The SMILES string of the molecule is COC1(CCN2CCN(C)CC2)CCCc2cc(Cl)ccc2N1C(=O)c1ccc(NC(=O)c2ccccc2C)cc1. The molecule has 1 saturated heterocycles. The van der Waals surface area contributed by atoms with E-state index in [1.165, 1.54) is 0 Å². The quantitative estimate of drug-likeness (QED) is 0.383. The van der Waals surface area contributed by atoms with Crippen molar-refractivity contribution in [3.05, 3.63) is 94.0 Å². The van der Waals surface area contributed by atoms with Gasteiger partial charge < -0.3 is 19.9 Å². The van der Waals surface area contributed by atoms with Crippen LogP contribution in [0.25, 0.3) is 0 Å². The predicted octanol–water partition coefficient (Wildman–Crippen LogP) is 5.86. The van der Waals surface area contributed by atoms with E-state index in [2.05, 4.69) is 22.2 Å². The Morgan fingerprint density at radius 1 is 1.00 bits per heavy atom. The van der Waals surface area contributed by atoms with Crippen LogP contribution in [0.3, 0.4) is 0 Å². The van der Waals surface area contributed by atoms with Gasteiger partial charge >= 0.3 is 0 Å². The van der Waals surface area contributed by atoms with Gasteiger partial charge in [-0.15, -0.1) is 0 Å². The van der Waals surface area contributed by atoms with Crippen LogP contribution in [0.4, 0.5) is 11.4 Å². The van der Waals surface area contributed by atoms with Gasteiger partial charge in [0.2, 0.25) is 0 Å². The average molecular weight is 575 g/mol. The first-order valence-electron chi connectivity index (χ1n) is 14.4. The maximum Gasteiger partial charge on any atom is 0.260 e. The number of carbonyl (C=O) groups excluding carboxylic acids is 2. The summed E-state index contributed by atoms with van der Waals surface area (Å²) in [5, 5.41) is 3.61. The van der Waals surface area contributed by atoms with Crippen LogP contribution in [0.15, 0.2) is 66.7 Å². The molecule has 1 atom stereocenters. The van der Waals surface area contributed by atoms with Crippen molar-refractivity contribution in [2.24, 2.45) is 0 Å². The Morgan fingerprint density at radius 2 is 1.73 bits per heavy atom. The molecule has 8 heteroatoms. The lowest BCUT2D eigenvalue weighted by Crippen LogP contribution is -2.55. The Balaban J connectivity index is 1.42. The van der Waals surface area contributed by atoms with E-state index in [9.17, 15) is 9.59 Å². The van der Waals surface area contributed by atoms with Crippen LogP contribution in [0.2, 0.25) is 5.02 Å². The fourth-order valence-corrected chi connectivity index (χ4v) is 6.14. The van der Waals surface area contributed by atoms with Crippen LogP contribution in [0.1, 0.15) is 51.1 Å². The molecule has 0 spiro atoms. The maximum atomic E-state index is 14.4. The molecule has 0 bridgehead atoms. The molecule has 3 aromatic rings. The number of methoxy groups -OCH3 is 1. The van der Waals surface area contributed by atoms with E-state index in [0.29, 0.717) is 28.3 Å². The molecule has 1 N–H and O–H groups in total. The van der Waals surface area contributed by atoms with Gasteiger partial charge in [-0.2, -0.15) is 0 Å². The van der Waals surface area contributed by atoms with Gasteiger partial charge in [-0.05, 0) is 92.9 Å². The number of amides is 2. The second-order valence-electron chi connectivity index (χ2n) is 11.2. The third-order valence-electron chi connectivity index (χ3n) is 8.48. The van der Waals surface area contributed by atoms with E-state index in [1.807, 2.05) is 48.2 Å². The zero-order chi connectivity index (χ0) is 29.0. The Kier molecular flexibility index (Phi) is 9.09. The van der Waals surface area contributed by atoms with Gasteiger partial charge in [-0.3, -0.25) is 14.5 Å². The van der Waals surface area contributed by atoms with Crippen LogP contribution in [-0.4, -0.2) is 74.2 Å². The molecule has 2 heterocycles. The molecule has 2 aliphatic rings. The number of ether oxygens (including phenoxy) is 1. The van der Waals surface area contributed by atoms with Gasteiger partial charge in [0.05, 0.1) is 5.69 Å². The molecule has 216 valence electrons. The van der Waals surface area contributed by atoms with Crippen molar-refractivity contribution >= 4 is 34.8 Å². The number of halogens is 1. The highest BCUT2D eigenvalue weighted by Gasteiger charge is 2.43. The molecule has 2 amide bonds. The third-order valence-corrected chi connectivity index (χ3v) is 8.72. The van der Waals surface area contributed by atoms with Crippen LogP contribution >= 0.6 is 11.6 Å². The number of rotatable bonds is 7. The minimum absolute atomic E-state index is 0.132.